The fourth-order valence-electron chi connectivity index (χ4n) is 4.89. The van der Waals surface area contributed by atoms with Gasteiger partial charge in [0.1, 0.15) is 10.5 Å². The number of thiazole rings is 1. The molecule has 3 amide bonds. The third-order valence-corrected chi connectivity index (χ3v) is 7.79. The van der Waals surface area contributed by atoms with Gasteiger partial charge in [0.2, 0.25) is 0 Å². The van der Waals surface area contributed by atoms with Crippen LogP contribution in [0, 0.1) is 5.92 Å². The average Bonchev–Trinajstić information content (AvgIpc) is 3.38. The van der Waals surface area contributed by atoms with Crippen LogP contribution in [0.4, 0.5) is 4.79 Å². The third-order valence-electron chi connectivity index (χ3n) is 6.66. The zero-order valence-corrected chi connectivity index (χ0v) is 17.0. The molecule has 5 rings (SSSR count). The van der Waals surface area contributed by atoms with Gasteiger partial charge in [-0.25, -0.2) is 14.7 Å². The van der Waals surface area contributed by atoms with Crippen molar-refractivity contribution < 1.29 is 9.59 Å². The number of amides is 3. The van der Waals surface area contributed by atoms with Crippen molar-refractivity contribution in [3.05, 3.63) is 29.3 Å². The van der Waals surface area contributed by atoms with Crippen LogP contribution in [0.15, 0.2) is 24.3 Å². The fraction of sp³-hybridized carbons (Fsp3) is 0.571. The van der Waals surface area contributed by atoms with Gasteiger partial charge in [-0.3, -0.25) is 9.69 Å². The maximum Gasteiger partial charge on any atom is 0.326 e. The first-order valence-electron chi connectivity index (χ1n) is 10.3. The second-order valence-corrected chi connectivity index (χ2v) is 9.62. The molecule has 1 N–H and O–H groups in total. The zero-order chi connectivity index (χ0) is 19.3. The number of carbonyl (C=O) groups is 2. The Balaban J connectivity index is 1.35. The highest BCUT2D eigenvalue weighted by Crippen LogP contribution is 2.39. The number of para-hydroxylation sites is 1. The fourth-order valence-corrected chi connectivity index (χ4v) is 6.02. The van der Waals surface area contributed by atoms with E-state index in [-0.39, 0.29) is 18.0 Å². The topological polar surface area (TPSA) is 65.5 Å². The molecule has 3 aliphatic rings. The molecule has 2 saturated heterocycles. The van der Waals surface area contributed by atoms with Crippen LogP contribution in [0.1, 0.15) is 56.5 Å². The zero-order valence-electron chi connectivity index (χ0n) is 16.2. The van der Waals surface area contributed by atoms with Crippen LogP contribution in [0.3, 0.4) is 0 Å². The van der Waals surface area contributed by atoms with Gasteiger partial charge in [0, 0.05) is 6.54 Å². The van der Waals surface area contributed by atoms with Gasteiger partial charge in [0.15, 0.2) is 0 Å². The van der Waals surface area contributed by atoms with Crippen LogP contribution < -0.4 is 5.32 Å². The van der Waals surface area contributed by atoms with E-state index in [1.165, 1.54) is 9.60 Å². The minimum atomic E-state index is -0.658. The molecule has 1 aromatic carbocycles. The quantitative estimate of drug-likeness (QED) is 0.797. The molecular formula is C21H26N4O2S. The molecule has 1 saturated carbocycles. The Morgan fingerprint density at radius 2 is 2.00 bits per heavy atom. The minimum Gasteiger partial charge on any atom is -0.323 e. The van der Waals surface area contributed by atoms with E-state index < -0.39 is 5.54 Å². The molecule has 1 aliphatic carbocycles. The Bertz CT molecular complexity index is 885. The Hall–Kier alpha value is -1.99. The average molecular weight is 399 g/mol. The van der Waals surface area contributed by atoms with Gasteiger partial charge >= 0.3 is 6.03 Å². The first-order valence-corrected chi connectivity index (χ1v) is 11.1. The van der Waals surface area contributed by atoms with Gasteiger partial charge in [-0.15, -0.1) is 11.3 Å². The van der Waals surface area contributed by atoms with Gasteiger partial charge in [0.25, 0.3) is 5.91 Å². The van der Waals surface area contributed by atoms with Gasteiger partial charge in [0.05, 0.1) is 22.9 Å². The van der Waals surface area contributed by atoms with Gasteiger partial charge in [-0.05, 0) is 56.6 Å². The lowest BCUT2D eigenvalue weighted by molar-refractivity contribution is -0.134. The summed E-state index contributed by atoms with van der Waals surface area (Å²) in [6, 6.07) is 8.14. The number of hydrogen-bond acceptors (Lipinski definition) is 5. The number of fused-ring (bicyclic) bond motifs is 1. The summed E-state index contributed by atoms with van der Waals surface area (Å²) < 4.78 is 1.19. The van der Waals surface area contributed by atoms with Crippen LogP contribution >= 0.6 is 11.3 Å². The number of nitrogens with zero attached hydrogens (tertiary/aromatic N) is 3. The molecule has 3 heterocycles. The predicted octanol–water partition coefficient (Wildman–Crippen LogP) is 3.89. The van der Waals surface area contributed by atoms with Crippen molar-refractivity contribution in [3.63, 3.8) is 0 Å². The Kier molecular flexibility index (Phi) is 4.39. The van der Waals surface area contributed by atoms with E-state index in [1.807, 2.05) is 18.2 Å². The molecule has 2 aromatic rings. The first kappa shape index (κ1) is 18.1. The van der Waals surface area contributed by atoms with Gasteiger partial charge in [-0.1, -0.05) is 19.1 Å². The number of hydrogen-bond donors (Lipinski definition) is 1. The molecule has 6 nitrogen and oxygen atoms in total. The number of likely N-dealkylation sites (tertiary alicyclic amines) is 1. The van der Waals surface area contributed by atoms with E-state index in [1.54, 1.807) is 11.3 Å². The number of benzene rings is 1. The number of urea groups is 1. The molecule has 3 fully saturated rings. The lowest BCUT2D eigenvalue weighted by atomic mass is 9.77. The Morgan fingerprint density at radius 1 is 1.21 bits per heavy atom. The highest BCUT2D eigenvalue weighted by atomic mass is 32.1. The largest absolute Gasteiger partial charge is 0.326 e. The van der Waals surface area contributed by atoms with Crippen molar-refractivity contribution in [2.24, 2.45) is 5.92 Å². The molecule has 148 valence electrons. The lowest BCUT2D eigenvalue weighted by Gasteiger charge is -2.34. The van der Waals surface area contributed by atoms with Crippen molar-refractivity contribution in [3.8, 4) is 0 Å². The van der Waals surface area contributed by atoms with Crippen LogP contribution in [-0.4, -0.2) is 45.5 Å². The molecule has 0 bridgehead atoms. The highest BCUT2D eigenvalue weighted by Gasteiger charge is 2.52. The Labute approximate surface area is 168 Å². The van der Waals surface area contributed by atoms with Crippen molar-refractivity contribution in [1.82, 2.24) is 20.1 Å². The molecule has 1 unspecified atom stereocenters. The summed E-state index contributed by atoms with van der Waals surface area (Å²) in [6.45, 7) is 3.48. The van der Waals surface area contributed by atoms with E-state index in [2.05, 4.69) is 23.2 Å². The van der Waals surface area contributed by atoms with E-state index in [4.69, 9.17) is 4.98 Å². The van der Waals surface area contributed by atoms with Gasteiger partial charge < -0.3 is 5.32 Å². The standard InChI is InChI=1S/C21H26N4O2S/c1-14-8-10-21(11-9-14)19(26)25(20(27)23-21)13-24-12-4-6-16(24)18-22-15-5-2-3-7-17(15)28-18/h2-3,5,7,14,16H,4,6,8-13H2,1H3,(H,23,27). The number of rotatable bonds is 3. The first-order chi connectivity index (χ1) is 13.6. The normalized spacial score (nSPS) is 31.2. The van der Waals surface area contributed by atoms with Crippen molar-refractivity contribution in [1.29, 1.82) is 0 Å². The van der Waals surface area contributed by atoms with Gasteiger partial charge in [-0.2, -0.15) is 0 Å². The molecular weight excluding hydrogens is 372 g/mol. The summed E-state index contributed by atoms with van der Waals surface area (Å²) in [6.07, 6.45) is 5.60. The SMILES string of the molecule is CC1CCC2(CC1)NC(=O)N(CN1CCCC1c1nc3ccccc3s1)C2=O. The number of imide groups is 1. The van der Waals surface area contributed by atoms with Crippen molar-refractivity contribution in [2.45, 2.75) is 57.0 Å². The molecule has 2 aliphatic heterocycles. The highest BCUT2D eigenvalue weighted by molar-refractivity contribution is 7.18. The van der Waals surface area contributed by atoms with E-state index in [0.717, 1.165) is 55.6 Å². The Morgan fingerprint density at radius 3 is 2.79 bits per heavy atom. The smallest absolute Gasteiger partial charge is 0.323 e. The number of nitrogens with one attached hydrogen (secondary N) is 1. The molecule has 1 spiro atoms. The summed E-state index contributed by atoms with van der Waals surface area (Å²) in [5, 5.41) is 4.13. The monoisotopic (exact) mass is 398 g/mol. The second-order valence-electron chi connectivity index (χ2n) is 8.56. The summed E-state index contributed by atoms with van der Waals surface area (Å²) >= 11 is 1.72. The summed E-state index contributed by atoms with van der Waals surface area (Å²) in [5.74, 6) is 0.603. The van der Waals surface area contributed by atoms with Crippen LogP contribution in [-0.2, 0) is 4.79 Å². The van der Waals surface area contributed by atoms with Crippen LogP contribution in [0.5, 0.6) is 0 Å². The third kappa shape index (κ3) is 2.92. The molecule has 7 heteroatoms. The molecule has 1 aromatic heterocycles. The number of carbonyl (C=O) groups excluding carboxylic acids is 2. The molecule has 1 atom stereocenters. The van der Waals surface area contributed by atoms with E-state index in [9.17, 15) is 9.59 Å². The predicted molar refractivity (Wildman–Crippen MR) is 109 cm³/mol. The van der Waals surface area contributed by atoms with Crippen LogP contribution in [0.25, 0.3) is 10.2 Å². The van der Waals surface area contributed by atoms with Crippen LogP contribution in [0.2, 0.25) is 0 Å². The summed E-state index contributed by atoms with van der Waals surface area (Å²) in [4.78, 5) is 34.4. The summed E-state index contributed by atoms with van der Waals surface area (Å²) in [5.41, 5.74) is 0.369. The number of aromatic nitrogens is 1. The lowest BCUT2D eigenvalue weighted by Crippen LogP contribution is -2.50. The minimum absolute atomic E-state index is 0.0284. The second kappa shape index (κ2) is 6.81. The van der Waals surface area contributed by atoms with E-state index >= 15 is 0 Å². The molecule has 28 heavy (non-hydrogen) atoms. The van der Waals surface area contributed by atoms with E-state index in [0.29, 0.717) is 12.6 Å². The molecule has 0 radical (unpaired) electrons. The maximum atomic E-state index is 13.2. The van der Waals surface area contributed by atoms with Crippen molar-refractivity contribution >= 4 is 33.5 Å². The van der Waals surface area contributed by atoms with Crippen molar-refractivity contribution in [2.75, 3.05) is 13.2 Å². The maximum absolute atomic E-state index is 13.2. The summed E-state index contributed by atoms with van der Waals surface area (Å²) in [7, 11) is 0.